The van der Waals surface area contributed by atoms with E-state index in [-0.39, 0.29) is 6.04 Å². The van der Waals surface area contributed by atoms with Gasteiger partial charge in [-0.25, -0.2) is 19.9 Å². The molecule has 0 radical (unpaired) electrons. The van der Waals surface area contributed by atoms with Gasteiger partial charge in [-0.1, -0.05) is 30.3 Å². The zero-order valence-corrected chi connectivity index (χ0v) is 17.8. The Bertz CT molecular complexity index is 1160. The SMILES string of the molecule is CC(Nc1nccc(-c2cnc3c(N4CCN(C)CC4)nccn23)n1)c1ccccc1. The molecule has 8 heteroatoms. The molecule has 0 aliphatic carbocycles. The van der Waals surface area contributed by atoms with Gasteiger partial charge in [-0.05, 0) is 25.6 Å². The maximum atomic E-state index is 4.76. The van der Waals surface area contributed by atoms with Gasteiger partial charge in [-0.3, -0.25) is 4.40 Å². The highest BCUT2D eigenvalue weighted by Crippen LogP contribution is 2.25. The average Bonchev–Trinajstić information content (AvgIpc) is 3.25. The van der Waals surface area contributed by atoms with Crippen molar-refractivity contribution < 1.29 is 0 Å². The molecule has 0 amide bonds. The summed E-state index contributed by atoms with van der Waals surface area (Å²) in [7, 11) is 2.15. The molecule has 1 aromatic carbocycles. The second-order valence-electron chi connectivity index (χ2n) is 7.92. The summed E-state index contributed by atoms with van der Waals surface area (Å²) in [6, 6.07) is 12.3. The molecule has 1 fully saturated rings. The monoisotopic (exact) mass is 414 g/mol. The topological polar surface area (TPSA) is 74.5 Å². The number of hydrogen-bond acceptors (Lipinski definition) is 7. The number of rotatable bonds is 5. The average molecular weight is 415 g/mol. The largest absolute Gasteiger partial charge is 0.351 e. The lowest BCUT2D eigenvalue weighted by molar-refractivity contribution is 0.312. The summed E-state index contributed by atoms with van der Waals surface area (Å²) < 4.78 is 2.06. The van der Waals surface area contributed by atoms with Crippen LogP contribution in [0.3, 0.4) is 0 Å². The van der Waals surface area contributed by atoms with Crippen molar-refractivity contribution in [1.82, 2.24) is 29.2 Å². The molecule has 0 bridgehead atoms. The summed E-state index contributed by atoms with van der Waals surface area (Å²) in [6.45, 7) is 6.05. The first-order valence-electron chi connectivity index (χ1n) is 10.6. The number of nitrogens with zero attached hydrogens (tertiary/aromatic N) is 7. The molecule has 4 heterocycles. The zero-order chi connectivity index (χ0) is 21.2. The lowest BCUT2D eigenvalue weighted by atomic mass is 10.1. The highest BCUT2D eigenvalue weighted by atomic mass is 15.3. The minimum atomic E-state index is 0.103. The first-order valence-corrected chi connectivity index (χ1v) is 10.6. The minimum absolute atomic E-state index is 0.103. The Morgan fingerprint density at radius 2 is 1.74 bits per heavy atom. The third-order valence-electron chi connectivity index (χ3n) is 5.78. The number of hydrogen-bond donors (Lipinski definition) is 1. The molecule has 1 unspecified atom stereocenters. The normalized spacial score (nSPS) is 15.9. The van der Waals surface area contributed by atoms with Crippen LogP contribution in [0.4, 0.5) is 11.8 Å². The van der Waals surface area contributed by atoms with Crippen LogP contribution in [-0.4, -0.2) is 62.5 Å². The minimum Gasteiger partial charge on any atom is -0.351 e. The Morgan fingerprint density at radius 1 is 0.935 bits per heavy atom. The maximum absolute atomic E-state index is 4.76. The van der Waals surface area contributed by atoms with Crippen molar-refractivity contribution >= 4 is 17.4 Å². The number of anilines is 2. The van der Waals surface area contributed by atoms with Gasteiger partial charge in [-0.2, -0.15) is 0 Å². The van der Waals surface area contributed by atoms with Crippen LogP contribution in [-0.2, 0) is 0 Å². The molecule has 3 aromatic heterocycles. The van der Waals surface area contributed by atoms with Crippen molar-refractivity contribution in [1.29, 1.82) is 0 Å². The summed E-state index contributed by atoms with van der Waals surface area (Å²) in [5, 5.41) is 3.40. The molecule has 1 N–H and O–H groups in total. The van der Waals surface area contributed by atoms with Crippen LogP contribution >= 0.6 is 0 Å². The third-order valence-corrected chi connectivity index (χ3v) is 5.78. The smallest absolute Gasteiger partial charge is 0.223 e. The predicted molar refractivity (Wildman–Crippen MR) is 122 cm³/mol. The molecular formula is C23H26N8. The van der Waals surface area contributed by atoms with Crippen molar-refractivity contribution in [2.45, 2.75) is 13.0 Å². The highest BCUT2D eigenvalue weighted by molar-refractivity contribution is 5.70. The first kappa shape index (κ1) is 19.4. The van der Waals surface area contributed by atoms with Gasteiger partial charge >= 0.3 is 0 Å². The predicted octanol–water partition coefficient (Wildman–Crippen LogP) is 3.11. The quantitative estimate of drug-likeness (QED) is 0.538. The van der Waals surface area contributed by atoms with Crippen LogP contribution in [0.15, 0.2) is 61.2 Å². The van der Waals surface area contributed by atoms with Crippen molar-refractivity contribution in [2.75, 3.05) is 43.4 Å². The number of fused-ring (bicyclic) bond motifs is 1. The molecule has 1 saturated heterocycles. The fraction of sp³-hybridized carbons (Fsp3) is 0.304. The van der Waals surface area contributed by atoms with Gasteiger partial charge < -0.3 is 15.1 Å². The lowest BCUT2D eigenvalue weighted by Crippen LogP contribution is -2.45. The molecule has 5 rings (SSSR count). The molecule has 8 nitrogen and oxygen atoms in total. The summed E-state index contributed by atoms with van der Waals surface area (Å²) in [5.41, 5.74) is 3.79. The molecule has 1 aliphatic heterocycles. The second kappa shape index (κ2) is 8.31. The standard InChI is InChI=1S/C23H26N8/c1-17(18-6-4-3-5-7-18)27-23-25-9-8-19(28-23)20-16-26-22-21(24-10-11-31(20)22)30-14-12-29(2)13-15-30/h3-11,16-17H,12-15H2,1-2H3,(H,25,27,28). The van der Waals surface area contributed by atoms with E-state index in [1.54, 1.807) is 6.20 Å². The number of nitrogens with one attached hydrogen (secondary N) is 1. The lowest BCUT2D eigenvalue weighted by Gasteiger charge is -2.33. The van der Waals surface area contributed by atoms with Crippen molar-refractivity contribution in [2.24, 2.45) is 0 Å². The fourth-order valence-electron chi connectivity index (χ4n) is 3.93. The summed E-state index contributed by atoms with van der Waals surface area (Å²) in [4.78, 5) is 23.1. The van der Waals surface area contributed by atoms with Gasteiger partial charge in [0.2, 0.25) is 5.95 Å². The van der Waals surface area contributed by atoms with E-state index in [4.69, 9.17) is 9.97 Å². The van der Waals surface area contributed by atoms with Crippen LogP contribution in [0.5, 0.6) is 0 Å². The fourth-order valence-corrected chi connectivity index (χ4v) is 3.93. The van der Waals surface area contributed by atoms with E-state index in [2.05, 4.69) is 55.6 Å². The van der Waals surface area contributed by atoms with Gasteiger partial charge in [0.1, 0.15) is 0 Å². The summed E-state index contributed by atoms with van der Waals surface area (Å²) >= 11 is 0. The number of piperazine rings is 1. The number of likely N-dealkylation sites (N-methyl/N-ethyl adjacent to an activating group) is 1. The molecule has 158 valence electrons. The van der Waals surface area contributed by atoms with E-state index >= 15 is 0 Å². The highest BCUT2D eigenvalue weighted by Gasteiger charge is 2.20. The maximum Gasteiger partial charge on any atom is 0.223 e. The molecular weight excluding hydrogens is 388 g/mol. The number of imidazole rings is 1. The van der Waals surface area contributed by atoms with Crippen molar-refractivity contribution in [3.05, 3.63) is 66.7 Å². The Balaban J connectivity index is 1.44. The molecule has 1 aliphatic rings. The van der Waals surface area contributed by atoms with Gasteiger partial charge in [-0.15, -0.1) is 0 Å². The Labute approximate surface area is 181 Å². The van der Waals surface area contributed by atoms with Crippen LogP contribution in [0.2, 0.25) is 0 Å². The van der Waals surface area contributed by atoms with E-state index in [1.807, 2.05) is 42.9 Å². The Kier molecular flexibility index (Phi) is 5.21. The van der Waals surface area contributed by atoms with Gasteiger partial charge in [0.25, 0.3) is 0 Å². The Morgan fingerprint density at radius 3 is 2.55 bits per heavy atom. The Hall–Kier alpha value is -3.52. The second-order valence-corrected chi connectivity index (χ2v) is 7.92. The zero-order valence-electron chi connectivity index (χ0n) is 17.8. The molecule has 31 heavy (non-hydrogen) atoms. The van der Waals surface area contributed by atoms with Crippen molar-refractivity contribution in [3.63, 3.8) is 0 Å². The van der Waals surface area contributed by atoms with Crippen LogP contribution in [0.1, 0.15) is 18.5 Å². The van der Waals surface area contributed by atoms with Crippen molar-refractivity contribution in [3.8, 4) is 11.4 Å². The van der Waals surface area contributed by atoms with Crippen LogP contribution in [0.25, 0.3) is 17.0 Å². The van der Waals surface area contributed by atoms with Gasteiger partial charge in [0, 0.05) is 44.8 Å². The van der Waals surface area contributed by atoms with Gasteiger partial charge in [0.05, 0.1) is 23.6 Å². The van der Waals surface area contributed by atoms with E-state index < -0.39 is 0 Å². The van der Waals surface area contributed by atoms with E-state index in [0.717, 1.165) is 49.0 Å². The number of benzene rings is 1. The molecule has 4 aromatic rings. The molecule has 1 atom stereocenters. The third kappa shape index (κ3) is 3.94. The van der Waals surface area contributed by atoms with Gasteiger partial charge in [0.15, 0.2) is 11.5 Å². The number of aromatic nitrogens is 5. The van der Waals surface area contributed by atoms with E-state index in [1.165, 1.54) is 5.56 Å². The molecule has 0 spiro atoms. The van der Waals surface area contributed by atoms with Crippen LogP contribution < -0.4 is 10.2 Å². The van der Waals surface area contributed by atoms with Crippen LogP contribution in [0, 0.1) is 0 Å². The molecule has 0 saturated carbocycles. The summed E-state index contributed by atoms with van der Waals surface area (Å²) in [5.74, 6) is 1.52. The van der Waals surface area contributed by atoms with E-state index in [9.17, 15) is 0 Å². The summed E-state index contributed by atoms with van der Waals surface area (Å²) in [6.07, 6.45) is 7.43. The van der Waals surface area contributed by atoms with E-state index in [0.29, 0.717) is 5.95 Å². The first-order chi connectivity index (χ1) is 15.2.